The van der Waals surface area contributed by atoms with Crippen molar-refractivity contribution in [1.82, 2.24) is 14.7 Å². The number of nitrogens with zero attached hydrogens (tertiary/aromatic N) is 3. The van der Waals surface area contributed by atoms with Crippen LogP contribution >= 0.6 is 11.8 Å². The Bertz CT molecular complexity index is 386. The maximum absolute atomic E-state index is 12.7. The van der Waals surface area contributed by atoms with Crippen LogP contribution in [0.15, 0.2) is 0 Å². The van der Waals surface area contributed by atoms with Gasteiger partial charge in [-0.05, 0) is 45.5 Å². The smallest absolute Gasteiger partial charge is 0.239 e. The van der Waals surface area contributed by atoms with Gasteiger partial charge in [0.2, 0.25) is 11.8 Å². The quantitative estimate of drug-likeness (QED) is 0.763. The lowest BCUT2D eigenvalue weighted by Crippen LogP contribution is -2.47. The molecular weight excluding hydrogens is 298 g/mol. The van der Waals surface area contributed by atoms with E-state index in [2.05, 4.69) is 4.90 Å². The van der Waals surface area contributed by atoms with E-state index >= 15 is 0 Å². The first kappa shape index (κ1) is 17.6. The Morgan fingerprint density at radius 2 is 1.59 bits per heavy atom. The molecule has 0 radical (unpaired) electrons. The first-order valence-corrected chi connectivity index (χ1v) is 9.82. The summed E-state index contributed by atoms with van der Waals surface area (Å²) in [6, 6.07) is -0.0127. The minimum absolute atomic E-state index is 0.0127. The van der Waals surface area contributed by atoms with E-state index in [9.17, 15) is 9.59 Å². The van der Waals surface area contributed by atoms with E-state index in [1.807, 2.05) is 23.0 Å². The van der Waals surface area contributed by atoms with Crippen LogP contribution in [-0.4, -0.2) is 83.8 Å². The highest BCUT2D eigenvalue weighted by molar-refractivity contribution is 7.98. The van der Waals surface area contributed by atoms with Gasteiger partial charge >= 0.3 is 0 Å². The van der Waals surface area contributed by atoms with E-state index in [-0.39, 0.29) is 17.9 Å². The maximum Gasteiger partial charge on any atom is 0.239 e. The predicted octanol–water partition coefficient (Wildman–Crippen LogP) is 1.28. The largest absolute Gasteiger partial charge is 0.341 e. The maximum atomic E-state index is 12.7. The third kappa shape index (κ3) is 4.62. The van der Waals surface area contributed by atoms with Crippen LogP contribution in [-0.2, 0) is 9.59 Å². The van der Waals surface area contributed by atoms with Crippen LogP contribution in [0.25, 0.3) is 0 Å². The number of thioether (sulfide) groups is 1. The molecule has 0 aromatic heterocycles. The normalized spacial score (nSPS) is 21.7. The zero-order valence-electron chi connectivity index (χ0n) is 13.9. The van der Waals surface area contributed by atoms with E-state index in [1.165, 1.54) is 12.8 Å². The molecule has 2 amide bonds. The third-order valence-corrected chi connectivity index (χ3v) is 5.34. The van der Waals surface area contributed by atoms with Gasteiger partial charge in [0.05, 0.1) is 6.04 Å². The van der Waals surface area contributed by atoms with Crippen molar-refractivity contribution in [3.05, 3.63) is 0 Å². The highest BCUT2D eigenvalue weighted by atomic mass is 32.2. The molecule has 0 spiro atoms. The second kappa shape index (κ2) is 8.77. The van der Waals surface area contributed by atoms with Gasteiger partial charge in [0.15, 0.2) is 0 Å². The minimum Gasteiger partial charge on any atom is -0.341 e. The number of amides is 2. The molecule has 2 fully saturated rings. The van der Waals surface area contributed by atoms with Crippen LogP contribution in [0.2, 0.25) is 0 Å². The lowest BCUT2D eigenvalue weighted by Gasteiger charge is -2.29. The van der Waals surface area contributed by atoms with Gasteiger partial charge in [-0.15, -0.1) is 0 Å². The summed E-state index contributed by atoms with van der Waals surface area (Å²) in [5.74, 6) is 1.35. The van der Waals surface area contributed by atoms with Gasteiger partial charge in [-0.1, -0.05) is 0 Å². The SMILES string of the molecule is CSCCC(=O)N1CCCN(C(=O)C(C)N2CCCC2)CC1. The summed E-state index contributed by atoms with van der Waals surface area (Å²) in [7, 11) is 0. The molecule has 2 heterocycles. The molecule has 0 saturated carbocycles. The van der Waals surface area contributed by atoms with E-state index in [0.717, 1.165) is 38.4 Å². The van der Waals surface area contributed by atoms with Crippen molar-refractivity contribution in [2.24, 2.45) is 0 Å². The molecule has 2 saturated heterocycles. The Balaban J connectivity index is 1.83. The number of hydrogen-bond acceptors (Lipinski definition) is 4. The van der Waals surface area contributed by atoms with Crippen LogP contribution in [0.5, 0.6) is 0 Å². The van der Waals surface area contributed by atoms with Crippen molar-refractivity contribution < 1.29 is 9.59 Å². The summed E-state index contributed by atoms with van der Waals surface area (Å²) >= 11 is 1.71. The van der Waals surface area contributed by atoms with E-state index in [0.29, 0.717) is 19.5 Å². The first-order chi connectivity index (χ1) is 10.6. The van der Waals surface area contributed by atoms with Gasteiger partial charge in [-0.2, -0.15) is 11.8 Å². The number of carbonyl (C=O) groups excluding carboxylic acids is 2. The van der Waals surface area contributed by atoms with Crippen molar-refractivity contribution >= 4 is 23.6 Å². The second-order valence-electron chi connectivity index (χ2n) is 6.22. The summed E-state index contributed by atoms with van der Waals surface area (Å²) in [6.07, 6.45) is 5.93. The molecule has 126 valence electrons. The van der Waals surface area contributed by atoms with Gasteiger partial charge in [0.1, 0.15) is 0 Å². The number of hydrogen-bond donors (Lipinski definition) is 0. The van der Waals surface area contributed by atoms with Crippen molar-refractivity contribution in [2.75, 3.05) is 51.3 Å². The average molecular weight is 327 g/mol. The average Bonchev–Trinajstić information content (AvgIpc) is 2.95. The monoisotopic (exact) mass is 327 g/mol. The fourth-order valence-corrected chi connectivity index (χ4v) is 3.66. The number of carbonyl (C=O) groups is 2. The Kier molecular flexibility index (Phi) is 7.02. The van der Waals surface area contributed by atoms with E-state index in [4.69, 9.17) is 0 Å². The molecule has 0 bridgehead atoms. The molecule has 2 aliphatic rings. The summed E-state index contributed by atoms with van der Waals surface area (Å²) in [4.78, 5) is 31.0. The lowest BCUT2D eigenvalue weighted by molar-refractivity contribution is -0.136. The Morgan fingerprint density at radius 3 is 2.27 bits per heavy atom. The van der Waals surface area contributed by atoms with Crippen LogP contribution in [0.3, 0.4) is 0 Å². The highest BCUT2D eigenvalue weighted by Gasteiger charge is 2.29. The fourth-order valence-electron chi connectivity index (χ4n) is 3.28. The zero-order chi connectivity index (χ0) is 15.9. The summed E-state index contributed by atoms with van der Waals surface area (Å²) in [6.45, 7) is 7.05. The Hall–Kier alpha value is -0.750. The molecular formula is C16H29N3O2S. The van der Waals surface area contributed by atoms with Crippen LogP contribution in [0.4, 0.5) is 0 Å². The van der Waals surface area contributed by atoms with E-state index < -0.39 is 0 Å². The van der Waals surface area contributed by atoms with E-state index in [1.54, 1.807) is 11.8 Å². The second-order valence-corrected chi connectivity index (χ2v) is 7.21. The highest BCUT2D eigenvalue weighted by Crippen LogP contribution is 2.15. The summed E-state index contributed by atoms with van der Waals surface area (Å²) < 4.78 is 0. The molecule has 6 heteroatoms. The van der Waals surface area contributed by atoms with Crippen LogP contribution in [0.1, 0.15) is 32.6 Å². The van der Waals surface area contributed by atoms with Gasteiger partial charge in [-0.3, -0.25) is 14.5 Å². The Morgan fingerprint density at radius 1 is 0.955 bits per heavy atom. The molecule has 2 aliphatic heterocycles. The molecule has 0 aliphatic carbocycles. The van der Waals surface area contributed by atoms with Gasteiger partial charge in [0, 0.05) is 38.4 Å². The molecule has 5 nitrogen and oxygen atoms in total. The Labute approximate surface area is 138 Å². The van der Waals surface area contributed by atoms with Crippen LogP contribution in [0, 0.1) is 0 Å². The van der Waals surface area contributed by atoms with Crippen molar-refractivity contribution in [3.63, 3.8) is 0 Å². The third-order valence-electron chi connectivity index (χ3n) is 4.73. The van der Waals surface area contributed by atoms with Gasteiger partial charge in [0.25, 0.3) is 0 Å². The molecule has 0 N–H and O–H groups in total. The summed E-state index contributed by atoms with van der Waals surface area (Å²) in [5, 5.41) is 0. The molecule has 22 heavy (non-hydrogen) atoms. The van der Waals surface area contributed by atoms with Crippen molar-refractivity contribution in [3.8, 4) is 0 Å². The van der Waals surface area contributed by atoms with Gasteiger partial charge < -0.3 is 9.80 Å². The van der Waals surface area contributed by atoms with Crippen molar-refractivity contribution in [1.29, 1.82) is 0 Å². The molecule has 0 aromatic carbocycles. The van der Waals surface area contributed by atoms with Gasteiger partial charge in [-0.25, -0.2) is 0 Å². The molecule has 2 rings (SSSR count). The zero-order valence-corrected chi connectivity index (χ0v) is 14.7. The molecule has 1 atom stereocenters. The minimum atomic E-state index is -0.0127. The summed E-state index contributed by atoms with van der Waals surface area (Å²) in [5.41, 5.74) is 0. The molecule has 1 unspecified atom stereocenters. The first-order valence-electron chi connectivity index (χ1n) is 8.43. The topological polar surface area (TPSA) is 43.9 Å². The fraction of sp³-hybridized carbons (Fsp3) is 0.875. The van der Waals surface area contributed by atoms with Crippen LogP contribution < -0.4 is 0 Å². The standard InChI is InChI=1S/C16H29N3O2S/c1-14(17-7-3-4-8-17)16(21)19-10-5-9-18(11-12-19)15(20)6-13-22-2/h14H,3-13H2,1-2H3. The predicted molar refractivity (Wildman–Crippen MR) is 91.0 cm³/mol. The number of likely N-dealkylation sites (tertiary alicyclic amines) is 1. The number of rotatable bonds is 5. The lowest BCUT2D eigenvalue weighted by atomic mass is 10.2. The van der Waals surface area contributed by atoms with Crippen molar-refractivity contribution in [2.45, 2.75) is 38.6 Å². The molecule has 0 aromatic rings.